The molecule has 0 saturated carbocycles. The van der Waals surface area contributed by atoms with Crippen LogP contribution < -0.4 is 15.8 Å². The van der Waals surface area contributed by atoms with Crippen LogP contribution >= 0.6 is 0 Å². The molecule has 1 atom stereocenters. The van der Waals surface area contributed by atoms with Gasteiger partial charge in [0, 0.05) is 11.8 Å². The molecule has 0 aliphatic carbocycles. The Hall–Kier alpha value is -1.69. The monoisotopic (exact) mass is 286 g/mol. The van der Waals surface area contributed by atoms with Crippen molar-refractivity contribution >= 4 is 11.6 Å². The van der Waals surface area contributed by atoms with Crippen LogP contribution in [0.5, 0.6) is 5.75 Å². The molecule has 0 spiro atoms. The van der Waals surface area contributed by atoms with Gasteiger partial charge < -0.3 is 15.8 Å². The van der Waals surface area contributed by atoms with E-state index in [0.717, 1.165) is 12.0 Å². The summed E-state index contributed by atoms with van der Waals surface area (Å²) >= 11 is 0. The second-order valence-electron chi connectivity index (χ2n) is 4.57. The van der Waals surface area contributed by atoms with Crippen molar-refractivity contribution in [1.29, 1.82) is 0 Å². The fourth-order valence-electron chi connectivity index (χ4n) is 1.66. The van der Waals surface area contributed by atoms with Crippen molar-refractivity contribution in [2.45, 2.75) is 39.2 Å². The summed E-state index contributed by atoms with van der Waals surface area (Å²) in [4.78, 5) is 11.8. The summed E-state index contributed by atoms with van der Waals surface area (Å²) in [6.45, 7) is 3.01. The first-order valence-corrected chi connectivity index (χ1v) is 6.52. The normalized spacial score (nSPS) is 12.3. The topological polar surface area (TPSA) is 64.4 Å². The molecule has 1 aromatic carbocycles. The number of amides is 1. The number of aryl methyl sites for hydroxylation is 1. The number of hydrogen-bond donors (Lipinski definition) is 2. The lowest BCUT2D eigenvalue weighted by Crippen LogP contribution is -2.35. The zero-order chi connectivity index (χ0) is 15.1. The van der Waals surface area contributed by atoms with Crippen molar-refractivity contribution < 1.29 is 18.3 Å². The van der Waals surface area contributed by atoms with Gasteiger partial charge in [-0.25, -0.2) is 8.78 Å². The van der Waals surface area contributed by atoms with Gasteiger partial charge in [0.15, 0.2) is 0 Å². The van der Waals surface area contributed by atoms with Crippen LogP contribution in [-0.4, -0.2) is 25.0 Å². The van der Waals surface area contributed by atoms with Crippen LogP contribution in [0.25, 0.3) is 0 Å². The Kier molecular flexibility index (Phi) is 6.38. The Bertz CT molecular complexity index is 453. The first-order chi connectivity index (χ1) is 9.43. The average Bonchev–Trinajstić information content (AvgIpc) is 2.39. The predicted octanol–water partition coefficient (Wildman–Crippen LogP) is 2.70. The fraction of sp³-hybridized carbons (Fsp3) is 0.500. The van der Waals surface area contributed by atoms with Gasteiger partial charge in [0.05, 0.1) is 6.04 Å². The molecule has 0 heterocycles. The minimum atomic E-state index is -2.54. The van der Waals surface area contributed by atoms with Crippen LogP contribution in [0.4, 0.5) is 14.5 Å². The van der Waals surface area contributed by atoms with E-state index in [0.29, 0.717) is 17.9 Å². The molecule has 0 aliphatic rings. The van der Waals surface area contributed by atoms with E-state index in [9.17, 15) is 13.6 Å². The lowest BCUT2D eigenvalue weighted by Gasteiger charge is -2.14. The second kappa shape index (κ2) is 7.79. The number of carbonyl (C=O) groups excluding carboxylic acids is 1. The quantitative estimate of drug-likeness (QED) is 0.810. The molecule has 0 bridgehead atoms. The standard InChI is InChI=1S/C14H20F2N2O2/c1-3-4-11(17)14(19)18-10-6-5-9(2)12(7-10)20-8-13(15)16/h5-7,11,13H,3-4,8,17H2,1-2H3,(H,18,19). The number of benzene rings is 1. The highest BCUT2D eigenvalue weighted by atomic mass is 19.3. The van der Waals surface area contributed by atoms with Crippen LogP contribution in [0.15, 0.2) is 18.2 Å². The lowest BCUT2D eigenvalue weighted by molar-refractivity contribution is -0.117. The van der Waals surface area contributed by atoms with Gasteiger partial charge in [0.25, 0.3) is 6.43 Å². The van der Waals surface area contributed by atoms with E-state index in [4.69, 9.17) is 10.5 Å². The van der Waals surface area contributed by atoms with Crippen LogP contribution in [0.3, 0.4) is 0 Å². The number of nitrogens with two attached hydrogens (primary N) is 1. The molecule has 4 nitrogen and oxygen atoms in total. The highest BCUT2D eigenvalue weighted by molar-refractivity contribution is 5.94. The van der Waals surface area contributed by atoms with E-state index in [1.807, 2.05) is 6.92 Å². The van der Waals surface area contributed by atoms with Crippen molar-refractivity contribution in [2.24, 2.45) is 5.73 Å². The Morgan fingerprint density at radius 1 is 1.45 bits per heavy atom. The number of alkyl halides is 2. The molecule has 6 heteroatoms. The molecule has 1 unspecified atom stereocenters. The molecule has 1 rings (SSSR count). The number of carbonyl (C=O) groups is 1. The molecular formula is C14H20F2N2O2. The minimum absolute atomic E-state index is 0.296. The van der Waals surface area contributed by atoms with E-state index in [1.54, 1.807) is 19.1 Å². The molecule has 20 heavy (non-hydrogen) atoms. The molecule has 0 aromatic heterocycles. The van der Waals surface area contributed by atoms with Gasteiger partial charge in [-0.3, -0.25) is 4.79 Å². The van der Waals surface area contributed by atoms with Gasteiger partial charge in [-0.15, -0.1) is 0 Å². The Labute approximate surface area is 117 Å². The molecule has 1 amide bonds. The van der Waals surface area contributed by atoms with Gasteiger partial charge in [-0.1, -0.05) is 19.4 Å². The lowest BCUT2D eigenvalue weighted by atomic mass is 10.1. The smallest absolute Gasteiger partial charge is 0.272 e. The van der Waals surface area contributed by atoms with Crippen molar-refractivity contribution in [2.75, 3.05) is 11.9 Å². The molecule has 0 aliphatic heterocycles. The first-order valence-electron chi connectivity index (χ1n) is 6.52. The van der Waals surface area contributed by atoms with E-state index in [-0.39, 0.29) is 5.91 Å². The number of anilines is 1. The average molecular weight is 286 g/mol. The van der Waals surface area contributed by atoms with Gasteiger partial charge >= 0.3 is 0 Å². The van der Waals surface area contributed by atoms with E-state index < -0.39 is 19.1 Å². The van der Waals surface area contributed by atoms with Crippen molar-refractivity contribution in [3.05, 3.63) is 23.8 Å². The van der Waals surface area contributed by atoms with Gasteiger partial charge in [0.1, 0.15) is 12.4 Å². The summed E-state index contributed by atoms with van der Waals surface area (Å²) in [6, 6.07) is 4.32. The van der Waals surface area contributed by atoms with E-state index >= 15 is 0 Å². The molecule has 0 fully saturated rings. The maximum absolute atomic E-state index is 12.1. The molecule has 112 valence electrons. The highest BCUT2D eigenvalue weighted by Gasteiger charge is 2.13. The molecule has 3 N–H and O–H groups in total. The summed E-state index contributed by atoms with van der Waals surface area (Å²) in [5.74, 6) is 0.0303. The summed E-state index contributed by atoms with van der Waals surface area (Å²) in [5.41, 5.74) is 6.91. The number of nitrogens with one attached hydrogen (secondary N) is 1. The third kappa shape index (κ3) is 5.13. The second-order valence-corrected chi connectivity index (χ2v) is 4.57. The van der Waals surface area contributed by atoms with Crippen molar-refractivity contribution in [3.63, 3.8) is 0 Å². The third-order valence-electron chi connectivity index (χ3n) is 2.76. The minimum Gasteiger partial charge on any atom is -0.487 e. The van der Waals surface area contributed by atoms with Crippen LogP contribution in [-0.2, 0) is 4.79 Å². The summed E-state index contributed by atoms with van der Waals surface area (Å²) in [5, 5.41) is 2.65. The summed E-state index contributed by atoms with van der Waals surface area (Å²) < 4.78 is 29.3. The number of rotatable bonds is 7. The maximum Gasteiger partial charge on any atom is 0.272 e. The van der Waals surface area contributed by atoms with Crippen molar-refractivity contribution in [3.8, 4) is 5.75 Å². The van der Waals surface area contributed by atoms with Gasteiger partial charge in [-0.2, -0.15) is 0 Å². The number of halogens is 2. The summed E-state index contributed by atoms with van der Waals surface area (Å²) in [7, 11) is 0. The fourth-order valence-corrected chi connectivity index (χ4v) is 1.66. The zero-order valence-corrected chi connectivity index (χ0v) is 11.7. The first kappa shape index (κ1) is 16.4. The zero-order valence-electron chi connectivity index (χ0n) is 11.7. The van der Waals surface area contributed by atoms with Gasteiger partial charge in [0.2, 0.25) is 5.91 Å². The molecule has 0 saturated heterocycles. The van der Waals surface area contributed by atoms with Gasteiger partial charge in [-0.05, 0) is 25.0 Å². The summed E-state index contributed by atoms with van der Waals surface area (Å²) in [6.07, 6.45) is -1.14. The Morgan fingerprint density at radius 2 is 2.15 bits per heavy atom. The predicted molar refractivity (Wildman–Crippen MR) is 74.2 cm³/mol. The van der Waals surface area contributed by atoms with Crippen LogP contribution in [0.2, 0.25) is 0 Å². The van der Waals surface area contributed by atoms with Crippen molar-refractivity contribution in [1.82, 2.24) is 0 Å². The molecule has 0 radical (unpaired) electrons. The number of hydrogen-bond acceptors (Lipinski definition) is 3. The Balaban J connectivity index is 2.71. The third-order valence-corrected chi connectivity index (χ3v) is 2.76. The highest BCUT2D eigenvalue weighted by Crippen LogP contribution is 2.23. The SMILES string of the molecule is CCCC(N)C(=O)Nc1ccc(C)c(OCC(F)F)c1. The Morgan fingerprint density at radius 3 is 2.75 bits per heavy atom. The number of ether oxygens (including phenoxy) is 1. The van der Waals surface area contributed by atoms with E-state index in [1.165, 1.54) is 6.07 Å². The largest absolute Gasteiger partial charge is 0.487 e. The van der Waals surface area contributed by atoms with Crippen LogP contribution in [0, 0.1) is 6.92 Å². The molecule has 1 aromatic rings. The van der Waals surface area contributed by atoms with Crippen LogP contribution in [0.1, 0.15) is 25.3 Å². The molecular weight excluding hydrogens is 266 g/mol. The maximum atomic E-state index is 12.1. The van der Waals surface area contributed by atoms with E-state index in [2.05, 4.69) is 5.32 Å².